The van der Waals surface area contributed by atoms with Crippen LogP contribution in [0.4, 0.5) is 0 Å². The van der Waals surface area contributed by atoms with Crippen molar-refractivity contribution in [3.63, 3.8) is 0 Å². The maximum absolute atomic E-state index is 10.4. The summed E-state index contributed by atoms with van der Waals surface area (Å²) >= 11 is 0. The summed E-state index contributed by atoms with van der Waals surface area (Å²) in [6, 6.07) is 7.90. The van der Waals surface area contributed by atoms with Gasteiger partial charge in [0.05, 0.1) is 12.7 Å². The highest BCUT2D eigenvalue weighted by molar-refractivity contribution is 5.34. The fourth-order valence-corrected chi connectivity index (χ4v) is 2.41. The standard InChI is InChI=1S/C13H19NO2/c1-14-8-7-13(15,10-14)9-11-5-3-4-6-12(11)16-2/h3-6,15H,7-10H2,1-2H3. The summed E-state index contributed by atoms with van der Waals surface area (Å²) < 4.78 is 5.30. The van der Waals surface area contributed by atoms with Crippen molar-refractivity contribution in [1.29, 1.82) is 0 Å². The van der Waals surface area contributed by atoms with Crippen LogP contribution in [0.25, 0.3) is 0 Å². The van der Waals surface area contributed by atoms with Gasteiger partial charge in [-0.3, -0.25) is 0 Å². The molecular weight excluding hydrogens is 202 g/mol. The number of benzene rings is 1. The van der Waals surface area contributed by atoms with Crippen molar-refractivity contribution in [2.24, 2.45) is 0 Å². The van der Waals surface area contributed by atoms with Crippen LogP contribution in [-0.2, 0) is 6.42 Å². The number of hydrogen-bond donors (Lipinski definition) is 1. The number of likely N-dealkylation sites (tertiary alicyclic amines) is 1. The van der Waals surface area contributed by atoms with Crippen LogP contribution in [0.2, 0.25) is 0 Å². The van der Waals surface area contributed by atoms with E-state index in [2.05, 4.69) is 4.90 Å². The zero-order valence-corrected chi connectivity index (χ0v) is 9.94. The zero-order chi connectivity index (χ0) is 11.6. The SMILES string of the molecule is COc1ccccc1CC1(O)CCN(C)C1. The molecule has 1 aromatic rings. The molecule has 1 atom stereocenters. The lowest BCUT2D eigenvalue weighted by atomic mass is 9.93. The van der Waals surface area contributed by atoms with Gasteiger partial charge in [-0.1, -0.05) is 18.2 Å². The molecule has 1 saturated heterocycles. The van der Waals surface area contributed by atoms with E-state index >= 15 is 0 Å². The van der Waals surface area contributed by atoms with E-state index in [1.165, 1.54) is 0 Å². The topological polar surface area (TPSA) is 32.7 Å². The van der Waals surface area contributed by atoms with Crippen molar-refractivity contribution in [2.75, 3.05) is 27.2 Å². The molecule has 2 rings (SSSR count). The van der Waals surface area contributed by atoms with Crippen LogP contribution in [0.5, 0.6) is 5.75 Å². The first-order valence-electron chi connectivity index (χ1n) is 5.66. The third-order valence-corrected chi connectivity index (χ3v) is 3.24. The summed E-state index contributed by atoms with van der Waals surface area (Å²) in [5.41, 5.74) is 0.492. The quantitative estimate of drug-likeness (QED) is 0.835. The number of rotatable bonds is 3. The molecule has 1 aromatic carbocycles. The third kappa shape index (κ3) is 2.36. The van der Waals surface area contributed by atoms with Crippen molar-refractivity contribution >= 4 is 0 Å². The Morgan fingerprint density at radius 2 is 2.19 bits per heavy atom. The van der Waals surface area contributed by atoms with Gasteiger partial charge >= 0.3 is 0 Å². The van der Waals surface area contributed by atoms with Gasteiger partial charge in [0.2, 0.25) is 0 Å². The number of β-amino-alcohol motifs (C(OH)–C–C–N with tert-alkyl or cyclic N) is 1. The second kappa shape index (κ2) is 4.44. The van der Waals surface area contributed by atoms with E-state index in [0.717, 1.165) is 30.8 Å². The Hall–Kier alpha value is -1.06. The van der Waals surface area contributed by atoms with E-state index in [-0.39, 0.29) is 0 Å². The van der Waals surface area contributed by atoms with Crippen LogP contribution in [0.1, 0.15) is 12.0 Å². The third-order valence-electron chi connectivity index (χ3n) is 3.24. The van der Waals surface area contributed by atoms with Gasteiger partial charge in [-0.25, -0.2) is 0 Å². The molecule has 1 fully saturated rings. The van der Waals surface area contributed by atoms with E-state index < -0.39 is 5.60 Å². The molecule has 0 amide bonds. The number of methoxy groups -OCH3 is 1. The molecule has 3 heteroatoms. The fourth-order valence-electron chi connectivity index (χ4n) is 2.41. The Labute approximate surface area is 96.6 Å². The molecular formula is C13H19NO2. The smallest absolute Gasteiger partial charge is 0.122 e. The molecule has 1 heterocycles. The molecule has 1 unspecified atom stereocenters. The van der Waals surface area contributed by atoms with Crippen molar-refractivity contribution in [2.45, 2.75) is 18.4 Å². The predicted molar refractivity (Wildman–Crippen MR) is 63.8 cm³/mol. The van der Waals surface area contributed by atoms with Crippen LogP contribution < -0.4 is 4.74 Å². The molecule has 0 aliphatic carbocycles. The van der Waals surface area contributed by atoms with E-state index in [1.807, 2.05) is 31.3 Å². The Morgan fingerprint density at radius 3 is 2.81 bits per heavy atom. The lowest BCUT2D eigenvalue weighted by Crippen LogP contribution is -2.34. The molecule has 1 N–H and O–H groups in total. The summed E-state index contributed by atoms with van der Waals surface area (Å²) in [5, 5.41) is 10.4. The van der Waals surface area contributed by atoms with Gasteiger partial charge in [-0.2, -0.15) is 0 Å². The van der Waals surface area contributed by atoms with E-state index in [4.69, 9.17) is 4.74 Å². The molecule has 3 nitrogen and oxygen atoms in total. The first kappa shape index (κ1) is 11.4. The largest absolute Gasteiger partial charge is 0.496 e. The Bertz CT molecular complexity index is 367. The summed E-state index contributed by atoms with van der Waals surface area (Å²) in [4.78, 5) is 2.16. The van der Waals surface area contributed by atoms with Gasteiger partial charge in [-0.05, 0) is 25.1 Å². The van der Waals surface area contributed by atoms with Crippen LogP contribution in [-0.4, -0.2) is 42.9 Å². The van der Waals surface area contributed by atoms with E-state index in [1.54, 1.807) is 7.11 Å². The van der Waals surface area contributed by atoms with Gasteiger partial charge in [0.25, 0.3) is 0 Å². The first-order valence-corrected chi connectivity index (χ1v) is 5.66. The van der Waals surface area contributed by atoms with Crippen molar-refractivity contribution in [1.82, 2.24) is 4.90 Å². The minimum absolute atomic E-state index is 0.594. The molecule has 1 aliphatic heterocycles. The number of likely N-dealkylation sites (N-methyl/N-ethyl adjacent to an activating group) is 1. The minimum atomic E-state index is -0.594. The van der Waals surface area contributed by atoms with Gasteiger partial charge < -0.3 is 14.7 Å². The average molecular weight is 221 g/mol. The Kier molecular flexibility index (Phi) is 3.17. The maximum atomic E-state index is 10.4. The molecule has 0 bridgehead atoms. The number of para-hydroxylation sites is 1. The monoisotopic (exact) mass is 221 g/mol. The lowest BCUT2D eigenvalue weighted by Gasteiger charge is -2.23. The lowest BCUT2D eigenvalue weighted by molar-refractivity contribution is 0.0517. The van der Waals surface area contributed by atoms with E-state index in [9.17, 15) is 5.11 Å². The number of ether oxygens (including phenoxy) is 1. The molecule has 0 saturated carbocycles. The number of hydrogen-bond acceptors (Lipinski definition) is 3. The zero-order valence-electron chi connectivity index (χ0n) is 9.94. The van der Waals surface area contributed by atoms with E-state index in [0.29, 0.717) is 6.42 Å². The molecule has 0 spiro atoms. The molecule has 16 heavy (non-hydrogen) atoms. The highest BCUT2D eigenvalue weighted by Crippen LogP contribution is 2.28. The van der Waals surface area contributed by atoms with Crippen molar-refractivity contribution < 1.29 is 9.84 Å². The Morgan fingerprint density at radius 1 is 1.44 bits per heavy atom. The summed E-state index contributed by atoms with van der Waals surface area (Å²) in [5.74, 6) is 0.866. The molecule has 1 aliphatic rings. The summed E-state index contributed by atoms with van der Waals surface area (Å²) in [6.07, 6.45) is 1.50. The van der Waals surface area contributed by atoms with Gasteiger partial charge in [0, 0.05) is 19.5 Å². The average Bonchev–Trinajstić information content (AvgIpc) is 2.59. The van der Waals surface area contributed by atoms with Crippen molar-refractivity contribution in [3.05, 3.63) is 29.8 Å². The van der Waals surface area contributed by atoms with Gasteiger partial charge in [-0.15, -0.1) is 0 Å². The molecule has 0 radical (unpaired) electrons. The number of aliphatic hydroxyl groups is 1. The van der Waals surface area contributed by atoms with Gasteiger partial charge in [0.15, 0.2) is 0 Å². The summed E-state index contributed by atoms with van der Waals surface area (Å²) in [6.45, 7) is 1.71. The summed E-state index contributed by atoms with van der Waals surface area (Å²) in [7, 11) is 3.71. The van der Waals surface area contributed by atoms with Gasteiger partial charge in [0.1, 0.15) is 5.75 Å². The maximum Gasteiger partial charge on any atom is 0.122 e. The van der Waals surface area contributed by atoms with Crippen LogP contribution in [0.15, 0.2) is 24.3 Å². The Balaban J connectivity index is 2.14. The fraction of sp³-hybridized carbons (Fsp3) is 0.538. The molecule has 88 valence electrons. The highest BCUT2D eigenvalue weighted by atomic mass is 16.5. The number of nitrogens with zero attached hydrogens (tertiary/aromatic N) is 1. The van der Waals surface area contributed by atoms with Crippen LogP contribution in [0.3, 0.4) is 0 Å². The second-order valence-electron chi connectivity index (χ2n) is 4.70. The predicted octanol–water partition coefficient (Wildman–Crippen LogP) is 1.30. The normalized spacial score (nSPS) is 25.9. The highest BCUT2D eigenvalue weighted by Gasteiger charge is 2.34. The first-order chi connectivity index (χ1) is 7.63. The second-order valence-corrected chi connectivity index (χ2v) is 4.70. The van der Waals surface area contributed by atoms with Crippen molar-refractivity contribution in [3.8, 4) is 5.75 Å². The van der Waals surface area contributed by atoms with Crippen LogP contribution >= 0.6 is 0 Å². The van der Waals surface area contributed by atoms with Crippen LogP contribution in [0, 0.1) is 0 Å². The molecule has 0 aromatic heterocycles. The minimum Gasteiger partial charge on any atom is -0.496 e.